The minimum absolute atomic E-state index is 0.0539. The van der Waals surface area contributed by atoms with Gasteiger partial charge in [-0.1, -0.05) is 72.6 Å². The standard InChI is InChI=1S/C38H45N5O8S/c1-5-22-21-38(22,35(46)42-52(48,49)23-18-19-23)40-33(44)30-20-31(51-41-32-26-14-8-6-12-24(26)25-13-7-9-15-27(25)32)29-17-11-10-16-28(34(45)43(29)30)39-36(47)50-37(2,3)4/h5-9,12-15,22-23,28-31H,1,10-11,16-21H2,2-4H3,(H,39,47)(H,40,44)(H,42,46)/t22-,28?,29?,30+,31-,38?/m1/s1. The fraction of sp³-hybridized carbons (Fsp3) is 0.500. The van der Waals surface area contributed by atoms with E-state index in [0.717, 1.165) is 22.3 Å². The lowest BCUT2D eigenvalue weighted by Crippen LogP contribution is -2.60. The Bertz CT molecular complexity index is 1910. The van der Waals surface area contributed by atoms with Crippen LogP contribution >= 0.6 is 0 Å². The number of fused-ring (bicyclic) bond motifs is 4. The molecule has 4 amide bonds. The highest BCUT2D eigenvalue weighted by molar-refractivity contribution is 7.91. The first-order chi connectivity index (χ1) is 24.7. The number of nitrogens with one attached hydrogen (secondary N) is 3. The number of hydrogen-bond acceptors (Lipinski definition) is 9. The van der Waals surface area contributed by atoms with Crippen LogP contribution in [0.3, 0.4) is 0 Å². The van der Waals surface area contributed by atoms with E-state index in [0.29, 0.717) is 44.2 Å². The number of alkyl carbamates (subject to hydrolysis) is 1. The zero-order valence-electron chi connectivity index (χ0n) is 29.6. The zero-order valence-corrected chi connectivity index (χ0v) is 30.4. The molecule has 0 aromatic heterocycles. The van der Waals surface area contributed by atoms with Crippen LogP contribution in [0.25, 0.3) is 11.1 Å². The van der Waals surface area contributed by atoms with Crippen molar-refractivity contribution in [3.63, 3.8) is 0 Å². The van der Waals surface area contributed by atoms with Crippen LogP contribution in [0.5, 0.6) is 0 Å². The molecule has 2 heterocycles. The van der Waals surface area contributed by atoms with Gasteiger partial charge >= 0.3 is 6.09 Å². The van der Waals surface area contributed by atoms with Crippen LogP contribution in [-0.4, -0.2) is 83.5 Å². The van der Waals surface area contributed by atoms with Crippen LogP contribution in [-0.2, 0) is 34.0 Å². The summed E-state index contributed by atoms with van der Waals surface area (Å²) >= 11 is 0. The van der Waals surface area contributed by atoms with Crippen molar-refractivity contribution >= 4 is 39.5 Å². The van der Waals surface area contributed by atoms with E-state index in [1.165, 1.54) is 11.0 Å². The summed E-state index contributed by atoms with van der Waals surface area (Å²) < 4.78 is 33.1. The van der Waals surface area contributed by atoms with E-state index >= 15 is 0 Å². The van der Waals surface area contributed by atoms with Gasteiger partial charge in [0.1, 0.15) is 35.0 Å². The van der Waals surface area contributed by atoms with E-state index in [2.05, 4.69) is 27.1 Å². The molecule has 52 heavy (non-hydrogen) atoms. The highest BCUT2D eigenvalue weighted by atomic mass is 32.2. The summed E-state index contributed by atoms with van der Waals surface area (Å²) in [4.78, 5) is 63.0. The maximum absolute atomic E-state index is 14.4. The maximum Gasteiger partial charge on any atom is 0.408 e. The normalized spacial score (nSPS) is 27.9. The number of nitrogens with zero attached hydrogens (tertiary/aromatic N) is 2. The lowest BCUT2D eigenvalue weighted by atomic mass is 9.98. The minimum Gasteiger partial charge on any atom is -0.444 e. The Morgan fingerprint density at radius 1 is 0.962 bits per heavy atom. The largest absolute Gasteiger partial charge is 0.444 e. The molecule has 2 saturated carbocycles. The molecule has 7 rings (SSSR count). The smallest absolute Gasteiger partial charge is 0.408 e. The summed E-state index contributed by atoms with van der Waals surface area (Å²) in [5.74, 6) is -2.44. The predicted molar refractivity (Wildman–Crippen MR) is 192 cm³/mol. The van der Waals surface area contributed by atoms with Gasteiger partial charge in [-0.2, -0.15) is 0 Å². The number of amides is 4. The summed E-state index contributed by atoms with van der Waals surface area (Å²) in [6, 6.07) is 13.1. The SMILES string of the molecule is C=C[C@@H]1CC1(NC(=O)[C@@H]1C[C@@H](ON=C2c3ccccc3-c3ccccc32)C2CCCCC(NC(=O)OC(C)(C)C)C(=O)N21)C(=O)NS(=O)(=O)C1CC1. The lowest BCUT2D eigenvalue weighted by Gasteiger charge is -2.36. The fourth-order valence-electron chi connectivity index (χ4n) is 7.71. The van der Waals surface area contributed by atoms with E-state index in [-0.39, 0.29) is 12.8 Å². The van der Waals surface area contributed by atoms with Crippen molar-refractivity contribution in [1.29, 1.82) is 0 Å². The van der Waals surface area contributed by atoms with Crippen LogP contribution in [0.4, 0.5) is 4.79 Å². The van der Waals surface area contributed by atoms with Crippen LogP contribution in [0.15, 0.2) is 66.3 Å². The van der Waals surface area contributed by atoms with Gasteiger partial charge in [-0.05, 0) is 64.0 Å². The summed E-state index contributed by atoms with van der Waals surface area (Å²) in [6.07, 6.45) is 3.37. The van der Waals surface area contributed by atoms with E-state index in [9.17, 15) is 27.6 Å². The molecular weight excluding hydrogens is 687 g/mol. The molecule has 3 aliphatic carbocycles. The van der Waals surface area contributed by atoms with Crippen molar-refractivity contribution in [3.05, 3.63) is 72.3 Å². The first kappa shape index (κ1) is 35.7. The van der Waals surface area contributed by atoms with E-state index in [1.54, 1.807) is 20.8 Å². The number of benzene rings is 2. The molecule has 2 aromatic rings. The molecule has 2 saturated heterocycles. The van der Waals surface area contributed by atoms with Gasteiger partial charge < -0.3 is 25.1 Å². The molecule has 2 aliphatic heterocycles. The Morgan fingerprint density at radius 2 is 1.58 bits per heavy atom. The molecule has 14 heteroatoms. The van der Waals surface area contributed by atoms with E-state index in [4.69, 9.17) is 9.57 Å². The highest BCUT2D eigenvalue weighted by Gasteiger charge is 2.62. The Labute approximate surface area is 303 Å². The zero-order chi connectivity index (χ0) is 37.0. The molecule has 13 nitrogen and oxygen atoms in total. The molecule has 4 fully saturated rings. The topological polar surface area (TPSA) is 173 Å². The number of hydrogen-bond donors (Lipinski definition) is 3. The van der Waals surface area contributed by atoms with Crippen LogP contribution in [0, 0.1) is 5.92 Å². The lowest BCUT2D eigenvalue weighted by molar-refractivity contribution is -0.144. The monoisotopic (exact) mass is 731 g/mol. The molecule has 2 aromatic carbocycles. The number of oxime groups is 1. The quantitative estimate of drug-likeness (QED) is 0.220. The maximum atomic E-state index is 14.4. The van der Waals surface area contributed by atoms with Crippen LogP contribution in [0.1, 0.15) is 83.3 Å². The van der Waals surface area contributed by atoms with Crippen molar-refractivity contribution < 1.29 is 37.2 Å². The fourth-order valence-corrected chi connectivity index (χ4v) is 9.07. The van der Waals surface area contributed by atoms with Crippen LogP contribution < -0.4 is 15.4 Å². The average Bonchev–Trinajstić information content (AvgIpc) is 4.00. The number of sulfonamides is 1. The molecule has 3 N–H and O–H groups in total. The summed E-state index contributed by atoms with van der Waals surface area (Å²) in [7, 11) is -3.89. The first-order valence-electron chi connectivity index (χ1n) is 18.0. The first-order valence-corrected chi connectivity index (χ1v) is 19.5. The summed E-state index contributed by atoms with van der Waals surface area (Å²) in [5, 5.41) is 9.59. The molecule has 3 unspecified atom stereocenters. The van der Waals surface area contributed by atoms with Gasteiger partial charge in [-0.15, -0.1) is 6.58 Å². The Hall–Kier alpha value is -4.72. The van der Waals surface area contributed by atoms with Gasteiger partial charge in [0.15, 0.2) is 0 Å². The highest BCUT2D eigenvalue weighted by Crippen LogP contribution is 2.46. The van der Waals surface area contributed by atoms with Crippen molar-refractivity contribution in [2.45, 2.75) is 113 Å². The molecule has 6 atom stereocenters. The van der Waals surface area contributed by atoms with Gasteiger partial charge in [0, 0.05) is 23.5 Å². The Kier molecular flexibility index (Phi) is 9.16. The third-order valence-corrected chi connectivity index (χ3v) is 12.4. The second-order valence-electron chi connectivity index (χ2n) is 15.4. The van der Waals surface area contributed by atoms with Gasteiger partial charge in [-0.3, -0.25) is 19.1 Å². The minimum atomic E-state index is -3.89. The van der Waals surface area contributed by atoms with Gasteiger partial charge in [0.05, 0.1) is 11.3 Å². The molecule has 0 bridgehead atoms. The van der Waals surface area contributed by atoms with Crippen molar-refractivity contribution in [2.75, 3.05) is 0 Å². The van der Waals surface area contributed by atoms with Crippen molar-refractivity contribution in [3.8, 4) is 11.1 Å². The molecular formula is C38H45N5O8S. The third kappa shape index (κ3) is 6.80. The number of ether oxygens (including phenoxy) is 1. The second kappa shape index (κ2) is 13.4. The van der Waals surface area contributed by atoms with E-state index < -0.39 is 80.4 Å². The Balaban J connectivity index is 1.19. The second-order valence-corrected chi connectivity index (χ2v) is 17.4. The predicted octanol–water partition coefficient (Wildman–Crippen LogP) is 3.91. The van der Waals surface area contributed by atoms with Crippen molar-refractivity contribution in [1.82, 2.24) is 20.3 Å². The van der Waals surface area contributed by atoms with Gasteiger partial charge in [0.25, 0.3) is 5.91 Å². The van der Waals surface area contributed by atoms with Gasteiger partial charge in [0.2, 0.25) is 21.8 Å². The number of carbonyl (C=O) groups excluding carboxylic acids is 4. The van der Waals surface area contributed by atoms with E-state index in [1.807, 2.05) is 48.5 Å². The third-order valence-electron chi connectivity index (χ3n) is 10.5. The molecule has 0 radical (unpaired) electrons. The Morgan fingerprint density at radius 3 is 2.15 bits per heavy atom. The molecule has 0 spiro atoms. The van der Waals surface area contributed by atoms with Crippen LogP contribution in [0.2, 0.25) is 0 Å². The molecule has 276 valence electrons. The number of rotatable bonds is 9. The van der Waals surface area contributed by atoms with Crippen molar-refractivity contribution in [2.24, 2.45) is 11.1 Å². The molecule has 5 aliphatic rings. The number of carbonyl (C=O) groups is 4. The summed E-state index contributed by atoms with van der Waals surface area (Å²) in [5.41, 5.74) is 2.17. The van der Waals surface area contributed by atoms with Gasteiger partial charge in [-0.25, -0.2) is 13.2 Å². The summed E-state index contributed by atoms with van der Waals surface area (Å²) in [6.45, 7) is 8.97. The average molecular weight is 732 g/mol.